The molecule has 1 N–H and O–H groups in total. The van der Waals surface area contributed by atoms with Gasteiger partial charge in [0.05, 0.1) is 17.7 Å². The van der Waals surface area contributed by atoms with Gasteiger partial charge in [0.2, 0.25) is 11.7 Å². The Hall–Kier alpha value is -1.82. The number of hydrogen-bond acceptors (Lipinski definition) is 5. The molecule has 6 heteroatoms. The minimum Gasteiger partial charge on any atom is -0.496 e. The molecule has 0 saturated carbocycles. The third kappa shape index (κ3) is 1.79. The molecule has 0 aliphatic heterocycles. The van der Waals surface area contributed by atoms with E-state index in [9.17, 15) is 4.79 Å². The number of carbonyl (C=O) groups is 1. The standard InChI is InChI=1S/C10H9NO4S/c1-5-8(10(12)13)15-9(11-5)7-3-6(14-2)4-16-7/h3-4H,1-2H3,(H,12,13). The lowest BCUT2D eigenvalue weighted by molar-refractivity contribution is 0.0662. The monoisotopic (exact) mass is 239 g/mol. The van der Waals surface area contributed by atoms with Crippen LogP contribution < -0.4 is 4.74 Å². The smallest absolute Gasteiger partial charge is 0.373 e. The highest BCUT2D eigenvalue weighted by molar-refractivity contribution is 7.13. The molecule has 0 aromatic carbocycles. The molecular formula is C10H9NO4S. The van der Waals surface area contributed by atoms with Gasteiger partial charge < -0.3 is 14.3 Å². The Balaban J connectivity index is 2.41. The van der Waals surface area contributed by atoms with Crippen molar-refractivity contribution in [3.63, 3.8) is 0 Å². The van der Waals surface area contributed by atoms with Crippen molar-refractivity contribution in [2.75, 3.05) is 7.11 Å². The molecule has 0 radical (unpaired) electrons. The van der Waals surface area contributed by atoms with Gasteiger partial charge in [0, 0.05) is 11.4 Å². The van der Waals surface area contributed by atoms with Crippen LogP contribution in [-0.4, -0.2) is 23.2 Å². The summed E-state index contributed by atoms with van der Waals surface area (Å²) >= 11 is 1.39. The van der Waals surface area contributed by atoms with Gasteiger partial charge >= 0.3 is 5.97 Å². The van der Waals surface area contributed by atoms with E-state index < -0.39 is 5.97 Å². The molecule has 0 unspecified atom stereocenters. The van der Waals surface area contributed by atoms with Gasteiger partial charge in [-0.2, -0.15) is 0 Å². The van der Waals surface area contributed by atoms with Crippen molar-refractivity contribution in [3.8, 4) is 16.5 Å². The number of carboxylic acid groups (broad SMARTS) is 1. The molecule has 0 bridgehead atoms. The van der Waals surface area contributed by atoms with Crippen molar-refractivity contribution in [2.24, 2.45) is 0 Å². The number of carboxylic acids is 1. The molecule has 0 saturated heterocycles. The second-order valence-electron chi connectivity index (χ2n) is 3.09. The Morgan fingerprint density at radius 1 is 1.62 bits per heavy atom. The lowest BCUT2D eigenvalue weighted by Gasteiger charge is -1.89. The van der Waals surface area contributed by atoms with Crippen molar-refractivity contribution in [1.29, 1.82) is 0 Å². The fourth-order valence-electron chi connectivity index (χ4n) is 1.24. The van der Waals surface area contributed by atoms with E-state index in [4.69, 9.17) is 14.3 Å². The Morgan fingerprint density at radius 2 is 2.38 bits per heavy atom. The maximum atomic E-state index is 10.8. The van der Waals surface area contributed by atoms with Gasteiger partial charge in [0.1, 0.15) is 5.75 Å². The van der Waals surface area contributed by atoms with E-state index in [-0.39, 0.29) is 5.76 Å². The summed E-state index contributed by atoms with van der Waals surface area (Å²) in [6.45, 7) is 1.60. The summed E-state index contributed by atoms with van der Waals surface area (Å²) in [4.78, 5) is 15.6. The third-order valence-corrected chi connectivity index (χ3v) is 2.91. The van der Waals surface area contributed by atoms with Crippen molar-refractivity contribution in [3.05, 3.63) is 22.9 Å². The van der Waals surface area contributed by atoms with E-state index in [2.05, 4.69) is 4.98 Å². The molecule has 2 heterocycles. The van der Waals surface area contributed by atoms with E-state index >= 15 is 0 Å². The van der Waals surface area contributed by atoms with Crippen LogP contribution in [0.15, 0.2) is 15.9 Å². The summed E-state index contributed by atoms with van der Waals surface area (Å²) in [5, 5.41) is 10.6. The first-order valence-electron chi connectivity index (χ1n) is 4.45. The first-order valence-corrected chi connectivity index (χ1v) is 5.33. The van der Waals surface area contributed by atoms with Crippen molar-refractivity contribution in [1.82, 2.24) is 4.98 Å². The quantitative estimate of drug-likeness (QED) is 0.890. The van der Waals surface area contributed by atoms with E-state index in [0.29, 0.717) is 17.3 Å². The minimum atomic E-state index is -1.11. The van der Waals surface area contributed by atoms with Gasteiger partial charge in [0.15, 0.2) is 0 Å². The average molecular weight is 239 g/mol. The molecule has 0 amide bonds. The van der Waals surface area contributed by atoms with Crippen LogP contribution in [0.1, 0.15) is 16.2 Å². The zero-order valence-corrected chi connectivity index (χ0v) is 9.50. The van der Waals surface area contributed by atoms with Gasteiger partial charge in [-0.25, -0.2) is 9.78 Å². The maximum absolute atomic E-state index is 10.8. The first kappa shape index (κ1) is 10.7. The summed E-state index contributed by atoms with van der Waals surface area (Å²) < 4.78 is 10.2. The highest BCUT2D eigenvalue weighted by atomic mass is 32.1. The Bertz CT molecular complexity index is 529. The van der Waals surface area contributed by atoms with Crippen LogP contribution in [-0.2, 0) is 0 Å². The average Bonchev–Trinajstić information content (AvgIpc) is 2.83. The van der Waals surface area contributed by atoms with E-state index in [1.54, 1.807) is 25.5 Å². The summed E-state index contributed by atoms with van der Waals surface area (Å²) in [5.74, 6) is -0.224. The summed E-state index contributed by atoms with van der Waals surface area (Å²) in [5.41, 5.74) is 0.370. The molecule has 5 nitrogen and oxygen atoms in total. The number of methoxy groups -OCH3 is 1. The molecule has 2 aromatic heterocycles. The van der Waals surface area contributed by atoms with Crippen LogP contribution in [0, 0.1) is 6.92 Å². The van der Waals surface area contributed by atoms with Gasteiger partial charge in [-0.1, -0.05) is 0 Å². The minimum absolute atomic E-state index is 0.123. The van der Waals surface area contributed by atoms with Crippen LogP contribution in [0.4, 0.5) is 0 Å². The van der Waals surface area contributed by atoms with E-state index in [0.717, 1.165) is 4.88 Å². The van der Waals surface area contributed by atoms with Crippen LogP contribution >= 0.6 is 11.3 Å². The summed E-state index contributed by atoms with van der Waals surface area (Å²) in [6.07, 6.45) is 0. The lowest BCUT2D eigenvalue weighted by Crippen LogP contribution is -1.95. The number of thiophene rings is 1. The molecule has 0 aliphatic carbocycles. The van der Waals surface area contributed by atoms with Gasteiger partial charge in [0.25, 0.3) is 0 Å². The fraction of sp³-hybridized carbons (Fsp3) is 0.200. The van der Waals surface area contributed by atoms with Crippen molar-refractivity contribution >= 4 is 17.3 Å². The number of oxazole rings is 1. The third-order valence-electron chi connectivity index (χ3n) is 2.01. The van der Waals surface area contributed by atoms with Crippen LogP contribution in [0.2, 0.25) is 0 Å². The number of ether oxygens (including phenoxy) is 1. The van der Waals surface area contributed by atoms with Crippen molar-refractivity contribution < 1.29 is 19.1 Å². The topological polar surface area (TPSA) is 72.6 Å². The second-order valence-corrected chi connectivity index (χ2v) is 4.00. The Morgan fingerprint density at radius 3 is 2.88 bits per heavy atom. The highest BCUT2D eigenvalue weighted by Crippen LogP contribution is 2.31. The van der Waals surface area contributed by atoms with Crippen LogP contribution in [0.25, 0.3) is 10.8 Å². The number of hydrogen-bond donors (Lipinski definition) is 1. The highest BCUT2D eigenvalue weighted by Gasteiger charge is 2.18. The zero-order chi connectivity index (χ0) is 11.7. The van der Waals surface area contributed by atoms with E-state index in [1.807, 2.05) is 0 Å². The second kappa shape index (κ2) is 3.97. The molecule has 16 heavy (non-hydrogen) atoms. The first-order chi connectivity index (χ1) is 7.61. The predicted octanol–water partition coefficient (Wildman–Crippen LogP) is 2.42. The van der Waals surface area contributed by atoms with Gasteiger partial charge in [-0.3, -0.25) is 0 Å². The lowest BCUT2D eigenvalue weighted by atomic mass is 10.4. The largest absolute Gasteiger partial charge is 0.496 e. The molecule has 2 rings (SSSR count). The molecule has 0 spiro atoms. The molecule has 84 valence electrons. The Kier molecular flexibility index (Phi) is 2.66. The number of nitrogens with zero attached hydrogens (tertiary/aromatic N) is 1. The van der Waals surface area contributed by atoms with Crippen LogP contribution in [0.3, 0.4) is 0 Å². The van der Waals surface area contributed by atoms with Crippen LogP contribution in [0.5, 0.6) is 5.75 Å². The summed E-state index contributed by atoms with van der Waals surface area (Å²) in [6, 6.07) is 1.75. The zero-order valence-electron chi connectivity index (χ0n) is 8.68. The fourth-order valence-corrected chi connectivity index (χ4v) is 2.02. The van der Waals surface area contributed by atoms with Gasteiger partial charge in [-0.15, -0.1) is 11.3 Å². The predicted molar refractivity (Wildman–Crippen MR) is 58.1 cm³/mol. The van der Waals surface area contributed by atoms with E-state index in [1.165, 1.54) is 11.3 Å². The Labute approximate surface area is 95.3 Å². The number of aromatic carboxylic acids is 1. The number of rotatable bonds is 3. The summed E-state index contributed by atoms with van der Waals surface area (Å²) in [7, 11) is 1.56. The molecular weight excluding hydrogens is 230 g/mol. The van der Waals surface area contributed by atoms with Crippen molar-refractivity contribution in [2.45, 2.75) is 6.92 Å². The maximum Gasteiger partial charge on any atom is 0.373 e. The molecule has 0 fully saturated rings. The number of aromatic nitrogens is 1. The molecule has 2 aromatic rings. The molecule has 0 atom stereocenters. The number of aryl methyl sites for hydroxylation is 1. The van der Waals surface area contributed by atoms with Gasteiger partial charge in [-0.05, 0) is 6.92 Å². The SMILES string of the molecule is COc1csc(-c2nc(C)c(C(=O)O)o2)c1. The normalized spacial score (nSPS) is 10.4. The molecule has 0 aliphatic rings.